The third-order valence-corrected chi connectivity index (χ3v) is 6.02. The highest BCUT2D eigenvalue weighted by Crippen LogP contribution is 2.23. The van der Waals surface area contributed by atoms with Crippen molar-refractivity contribution in [2.75, 3.05) is 19.7 Å². The van der Waals surface area contributed by atoms with Gasteiger partial charge in [-0.1, -0.05) is 18.2 Å². The van der Waals surface area contributed by atoms with E-state index in [-0.39, 0.29) is 36.8 Å². The average molecular weight is 398 g/mol. The number of imide groups is 1. The molecule has 3 heterocycles. The summed E-state index contributed by atoms with van der Waals surface area (Å²) in [6.45, 7) is 1.90. The number of ether oxygens (including phenoxy) is 1. The first-order valence-electron chi connectivity index (χ1n) is 9.50. The second-order valence-electron chi connectivity index (χ2n) is 7.05. The molecule has 6 nitrogen and oxygen atoms in total. The van der Waals surface area contributed by atoms with Crippen molar-refractivity contribution in [2.45, 2.75) is 31.9 Å². The fourth-order valence-electron chi connectivity index (χ4n) is 3.69. The van der Waals surface area contributed by atoms with E-state index < -0.39 is 0 Å². The summed E-state index contributed by atoms with van der Waals surface area (Å²) < 4.78 is 5.70. The zero-order valence-corrected chi connectivity index (χ0v) is 16.3. The molecule has 4 rings (SSSR count). The second kappa shape index (κ2) is 8.24. The van der Waals surface area contributed by atoms with E-state index in [1.54, 1.807) is 40.5 Å². The van der Waals surface area contributed by atoms with Crippen LogP contribution in [0.2, 0.25) is 0 Å². The average Bonchev–Trinajstić information content (AvgIpc) is 3.44. The lowest BCUT2D eigenvalue weighted by Crippen LogP contribution is -2.39. The molecule has 0 spiro atoms. The SMILES string of the molecule is O=C(CCN1C(=O)c2ccccc2C1=O)N(Cc1cccs1)C[C@H]1CCCO1. The molecule has 3 amide bonds. The Morgan fingerprint density at radius 1 is 1.14 bits per heavy atom. The number of nitrogens with zero attached hydrogens (tertiary/aromatic N) is 2. The van der Waals surface area contributed by atoms with Gasteiger partial charge in [-0.15, -0.1) is 11.3 Å². The lowest BCUT2D eigenvalue weighted by molar-refractivity contribution is -0.133. The van der Waals surface area contributed by atoms with E-state index in [2.05, 4.69) is 0 Å². The van der Waals surface area contributed by atoms with Gasteiger partial charge in [-0.2, -0.15) is 0 Å². The van der Waals surface area contributed by atoms with Crippen molar-refractivity contribution >= 4 is 29.1 Å². The van der Waals surface area contributed by atoms with Gasteiger partial charge in [-0.05, 0) is 36.4 Å². The Hall–Kier alpha value is -2.51. The summed E-state index contributed by atoms with van der Waals surface area (Å²) in [6, 6.07) is 10.8. The van der Waals surface area contributed by atoms with Crippen LogP contribution in [-0.2, 0) is 16.1 Å². The van der Waals surface area contributed by atoms with Gasteiger partial charge in [-0.3, -0.25) is 19.3 Å². The van der Waals surface area contributed by atoms with E-state index in [1.807, 2.05) is 17.5 Å². The summed E-state index contributed by atoms with van der Waals surface area (Å²) in [4.78, 5) is 42.0. The zero-order chi connectivity index (χ0) is 19.5. The van der Waals surface area contributed by atoms with Crippen LogP contribution in [0.1, 0.15) is 44.9 Å². The number of rotatable bonds is 7. The maximum absolute atomic E-state index is 12.9. The summed E-state index contributed by atoms with van der Waals surface area (Å²) >= 11 is 1.61. The predicted molar refractivity (Wildman–Crippen MR) is 105 cm³/mol. The van der Waals surface area contributed by atoms with E-state index in [1.165, 1.54) is 4.90 Å². The van der Waals surface area contributed by atoms with Crippen LogP contribution in [0.5, 0.6) is 0 Å². The number of fused-ring (bicyclic) bond motifs is 1. The predicted octanol–water partition coefficient (Wildman–Crippen LogP) is 2.94. The van der Waals surface area contributed by atoms with Crippen LogP contribution in [0.4, 0.5) is 0 Å². The molecule has 0 saturated carbocycles. The third kappa shape index (κ3) is 3.86. The van der Waals surface area contributed by atoms with Gasteiger partial charge in [0.05, 0.1) is 23.8 Å². The molecule has 1 aromatic carbocycles. The van der Waals surface area contributed by atoms with Gasteiger partial charge in [0, 0.05) is 31.0 Å². The Kier molecular flexibility index (Phi) is 5.54. The molecule has 0 aliphatic carbocycles. The molecule has 1 atom stereocenters. The topological polar surface area (TPSA) is 66.9 Å². The quantitative estimate of drug-likeness (QED) is 0.673. The van der Waals surface area contributed by atoms with Gasteiger partial charge >= 0.3 is 0 Å². The number of carbonyl (C=O) groups excluding carboxylic acids is 3. The molecule has 0 bridgehead atoms. The Morgan fingerprint density at radius 3 is 2.50 bits per heavy atom. The molecule has 1 saturated heterocycles. The van der Waals surface area contributed by atoms with Crippen molar-refractivity contribution in [3.63, 3.8) is 0 Å². The molecule has 2 aromatic rings. The van der Waals surface area contributed by atoms with Crippen molar-refractivity contribution < 1.29 is 19.1 Å². The minimum atomic E-state index is -0.322. The van der Waals surface area contributed by atoms with Crippen LogP contribution in [-0.4, -0.2) is 53.3 Å². The van der Waals surface area contributed by atoms with Gasteiger partial charge in [-0.25, -0.2) is 0 Å². The fourth-order valence-corrected chi connectivity index (χ4v) is 4.41. The fraction of sp³-hybridized carbons (Fsp3) is 0.381. The van der Waals surface area contributed by atoms with Crippen molar-refractivity contribution in [1.82, 2.24) is 9.80 Å². The highest BCUT2D eigenvalue weighted by molar-refractivity contribution is 7.09. The first-order valence-corrected chi connectivity index (χ1v) is 10.4. The largest absolute Gasteiger partial charge is 0.376 e. The van der Waals surface area contributed by atoms with Crippen LogP contribution in [0.3, 0.4) is 0 Å². The highest BCUT2D eigenvalue weighted by atomic mass is 32.1. The van der Waals surface area contributed by atoms with Crippen molar-refractivity contribution in [2.24, 2.45) is 0 Å². The van der Waals surface area contributed by atoms with Gasteiger partial charge < -0.3 is 9.64 Å². The molecule has 0 radical (unpaired) electrons. The van der Waals surface area contributed by atoms with Crippen LogP contribution < -0.4 is 0 Å². The third-order valence-electron chi connectivity index (χ3n) is 5.15. The smallest absolute Gasteiger partial charge is 0.261 e. The van der Waals surface area contributed by atoms with E-state index in [9.17, 15) is 14.4 Å². The Morgan fingerprint density at radius 2 is 1.89 bits per heavy atom. The molecule has 2 aliphatic rings. The molecule has 0 N–H and O–H groups in total. The van der Waals surface area contributed by atoms with Crippen LogP contribution in [0.25, 0.3) is 0 Å². The first-order chi connectivity index (χ1) is 13.6. The molecule has 28 heavy (non-hydrogen) atoms. The van der Waals surface area contributed by atoms with E-state index in [4.69, 9.17) is 4.74 Å². The molecular weight excluding hydrogens is 376 g/mol. The second-order valence-corrected chi connectivity index (χ2v) is 8.08. The molecule has 7 heteroatoms. The standard InChI is InChI=1S/C21H22N2O4S/c24-19(9-10-23-20(25)17-7-1-2-8-18(17)21(23)26)22(13-15-5-3-11-27-15)14-16-6-4-12-28-16/h1-2,4,6-8,12,15H,3,5,9-11,13-14H2/t15-/m1/s1. The van der Waals surface area contributed by atoms with Crippen molar-refractivity contribution in [3.05, 3.63) is 57.8 Å². The molecule has 146 valence electrons. The summed E-state index contributed by atoms with van der Waals surface area (Å²) in [7, 11) is 0. The number of hydrogen-bond acceptors (Lipinski definition) is 5. The minimum absolute atomic E-state index is 0.0585. The lowest BCUT2D eigenvalue weighted by atomic mass is 10.1. The monoisotopic (exact) mass is 398 g/mol. The Balaban J connectivity index is 1.41. The van der Waals surface area contributed by atoms with Crippen LogP contribution >= 0.6 is 11.3 Å². The van der Waals surface area contributed by atoms with Crippen molar-refractivity contribution in [1.29, 1.82) is 0 Å². The zero-order valence-electron chi connectivity index (χ0n) is 15.5. The first kappa shape index (κ1) is 18.8. The molecule has 2 aliphatic heterocycles. The van der Waals surface area contributed by atoms with E-state index in [0.29, 0.717) is 24.2 Å². The lowest BCUT2D eigenvalue weighted by Gasteiger charge is -2.26. The summed E-state index contributed by atoms with van der Waals surface area (Å²) in [5, 5.41) is 1.99. The maximum atomic E-state index is 12.9. The van der Waals surface area contributed by atoms with Gasteiger partial charge in [0.15, 0.2) is 0 Å². The maximum Gasteiger partial charge on any atom is 0.261 e. The van der Waals surface area contributed by atoms with Crippen molar-refractivity contribution in [3.8, 4) is 0 Å². The Labute approximate surface area is 167 Å². The number of benzene rings is 1. The van der Waals surface area contributed by atoms with Gasteiger partial charge in [0.2, 0.25) is 5.91 Å². The number of thiophene rings is 1. The number of hydrogen-bond donors (Lipinski definition) is 0. The molecule has 1 aromatic heterocycles. The van der Waals surface area contributed by atoms with Crippen LogP contribution in [0.15, 0.2) is 41.8 Å². The van der Waals surface area contributed by atoms with E-state index in [0.717, 1.165) is 24.3 Å². The normalized spacial score (nSPS) is 18.6. The van der Waals surface area contributed by atoms with Crippen LogP contribution in [0, 0.1) is 0 Å². The highest BCUT2D eigenvalue weighted by Gasteiger charge is 2.35. The Bertz CT molecular complexity index is 839. The molecule has 1 fully saturated rings. The van der Waals surface area contributed by atoms with Gasteiger partial charge in [0.25, 0.3) is 11.8 Å². The van der Waals surface area contributed by atoms with E-state index >= 15 is 0 Å². The molecule has 0 unspecified atom stereocenters. The summed E-state index contributed by atoms with van der Waals surface area (Å²) in [5.74, 6) is -0.713. The molecular formula is C21H22N2O4S. The number of carbonyl (C=O) groups is 3. The number of amides is 3. The summed E-state index contributed by atoms with van der Waals surface area (Å²) in [5.41, 5.74) is 0.824. The minimum Gasteiger partial charge on any atom is -0.376 e. The summed E-state index contributed by atoms with van der Waals surface area (Å²) in [6.07, 6.45) is 2.14. The van der Waals surface area contributed by atoms with Gasteiger partial charge in [0.1, 0.15) is 0 Å².